The summed E-state index contributed by atoms with van der Waals surface area (Å²) in [5, 5.41) is 0. The van der Waals surface area contributed by atoms with Crippen LogP contribution >= 0.6 is 0 Å². The highest BCUT2D eigenvalue weighted by Gasteiger charge is 2.40. The van der Waals surface area contributed by atoms with E-state index in [-0.39, 0.29) is 30.0 Å². The predicted octanol–water partition coefficient (Wildman–Crippen LogP) is -1.35. The lowest BCUT2D eigenvalue weighted by molar-refractivity contribution is -0.670. The van der Waals surface area contributed by atoms with Gasteiger partial charge in [0.15, 0.2) is 0 Å². The highest BCUT2D eigenvalue weighted by molar-refractivity contribution is 5.76. The number of aromatic nitrogens is 2. The third-order valence-corrected chi connectivity index (χ3v) is 4.71. The first-order valence-corrected chi connectivity index (χ1v) is 6.92. The number of nitrogens with zero attached hydrogens (tertiary/aromatic N) is 3. The minimum Gasteiger partial charge on any atom is -1.00 e. The molecule has 2 saturated carbocycles. The van der Waals surface area contributed by atoms with E-state index in [4.69, 9.17) is 0 Å². The molecule has 1 heterocycles. The van der Waals surface area contributed by atoms with Crippen molar-refractivity contribution in [1.29, 1.82) is 0 Å². The normalized spacial score (nSPS) is 28.2. The maximum atomic E-state index is 12.2. The van der Waals surface area contributed by atoms with E-state index in [9.17, 15) is 4.79 Å². The third kappa shape index (κ3) is 2.95. The van der Waals surface area contributed by atoms with Crippen LogP contribution in [0.2, 0.25) is 0 Å². The van der Waals surface area contributed by atoms with Crippen LogP contribution in [0.15, 0.2) is 18.7 Å². The zero-order chi connectivity index (χ0) is 12.7. The summed E-state index contributed by atoms with van der Waals surface area (Å²) in [6.07, 6.45) is 11.1. The number of fused-ring (bicyclic) bond motifs is 2. The van der Waals surface area contributed by atoms with E-state index >= 15 is 0 Å². The van der Waals surface area contributed by atoms with Crippen LogP contribution in [0.4, 0.5) is 4.79 Å². The van der Waals surface area contributed by atoms with E-state index in [1.165, 1.54) is 25.7 Å². The maximum Gasteiger partial charge on any atom is 0.415 e. The van der Waals surface area contributed by atoms with E-state index in [0.29, 0.717) is 0 Å². The fourth-order valence-electron chi connectivity index (χ4n) is 3.79. The minimum absolute atomic E-state index is 0. The van der Waals surface area contributed by atoms with E-state index in [2.05, 4.69) is 0 Å². The molecule has 1 aromatic rings. The quantitative estimate of drug-likeness (QED) is 0.465. The Morgan fingerprint density at radius 3 is 2.74 bits per heavy atom. The monoisotopic (exact) mass is 375 g/mol. The predicted molar refractivity (Wildman–Crippen MR) is 68.0 cm³/mol. The zero-order valence-corrected chi connectivity index (χ0v) is 13.8. The molecule has 1 amide bonds. The summed E-state index contributed by atoms with van der Waals surface area (Å²) >= 11 is 0. The van der Waals surface area contributed by atoms with Crippen LogP contribution in [0.3, 0.4) is 0 Å². The summed E-state index contributed by atoms with van der Waals surface area (Å²) in [7, 11) is 3.86. The summed E-state index contributed by atoms with van der Waals surface area (Å²) in [6.45, 7) is 0.919. The van der Waals surface area contributed by atoms with Crippen LogP contribution < -0.4 is 28.5 Å². The Balaban J connectivity index is 0.00000133. The average molecular weight is 375 g/mol. The van der Waals surface area contributed by atoms with Crippen molar-refractivity contribution >= 4 is 6.03 Å². The summed E-state index contributed by atoms with van der Waals surface area (Å²) in [4.78, 5) is 14.1. The molecule has 4 nitrogen and oxygen atoms in total. The van der Waals surface area contributed by atoms with Crippen molar-refractivity contribution in [3.63, 3.8) is 0 Å². The van der Waals surface area contributed by atoms with Crippen LogP contribution in [-0.4, -0.2) is 29.1 Å². The lowest BCUT2D eigenvalue weighted by Crippen LogP contribution is -3.00. The Morgan fingerprint density at radius 1 is 1.42 bits per heavy atom. The zero-order valence-electron chi connectivity index (χ0n) is 11.6. The van der Waals surface area contributed by atoms with Crippen LogP contribution in [0.1, 0.15) is 25.7 Å². The van der Waals surface area contributed by atoms with E-state index in [1.54, 1.807) is 4.57 Å². The standard InChI is InChI=1S/C14H22N3O.HI/c1-15-5-6-17(10-15)14(18)16(2)9-13-8-11-3-4-12(13)7-11;/h5-6,10-13H,3-4,7-9H2,1-2H3;1H/q+1;/p-1. The molecule has 0 spiro atoms. The Labute approximate surface area is 131 Å². The molecular formula is C14H22IN3O. The molecule has 1 aromatic heterocycles. The number of imidazole rings is 1. The number of rotatable bonds is 2. The Bertz CT molecular complexity index is 459. The van der Waals surface area contributed by atoms with Crippen LogP contribution in [0.25, 0.3) is 0 Å². The number of carbonyl (C=O) groups is 1. The Morgan fingerprint density at radius 2 is 2.21 bits per heavy atom. The van der Waals surface area contributed by atoms with Gasteiger partial charge in [-0.15, -0.1) is 0 Å². The Hall–Kier alpha value is -0.590. The summed E-state index contributed by atoms with van der Waals surface area (Å²) in [6, 6.07) is 0.0818. The average Bonchev–Trinajstić information content (AvgIpc) is 3.03. The molecule has 106 valence electrons. The van der Waals surface area contributed by atoms with Crippen LogP contribution in [0, 0.1) is 17.8 Å². The SMILES string of the molecule is CN(CC1CC2CCC1C2)C(=O)n1cc[n+](C)c1.[I-]. The van der Waals surface area contributed by atoms with Gasteiger partial charge in [0.2, 0.25) is 0 Å². The van der Waals surface area contributed by atoms with Crippen molar-refractivity contribution in [2.24, 2.45) is 24.8 Å². The highest BCUT2D eigenvalue weighted by Crippen LogP contribution is 2.48. The van der Waals surface area contributed by atoms with Crippen molar-refractivity contribution in [2.75, 3.05) is 13.6 Å². The van der Waals surface area contributed by atoms with E-state index in [1.807, 2.05) is 42.3 Å². The van der Waals surface area contributed by atoms with E-state index < -0.39 is 0 Å². The van der Waals surface area contributed by atoms with Gasteiger partial charge >= 0.3 is 6.03 Å². The molecule has 0 N–H and O–H groups in total. The molecule has 5 heteroatoms. The molecule has 3 unspecified atom stereocenters. The first-order valence-electron chi connectivity index (χ1n) is 6.92. The molecule has 19 heavy (non-hydrogen) atoms. The maximum absolute atomic E-state index is 12.2. The molecule has 2 aliphatic rings. The van der Waals surface area contributed by atoms with Crippen molar-refractivity contribution in [3.8, 4) is 0 Å². The molecule has 3 atom stereocenters. The fraction of sp³-hybridized carbons (Fsp3) is 0.714. The number of hydrogen-bond acceptors (Lipinski definition) is 1. The first-order chi connectivity index (χ1) is 8.63. The van der Waals surface area contributed by atoms with Crippen molar-refractivity contribution in [3.05, 3.63) is 18.7 Å². The minimum atomic E-state index is 0. The number of halogens is 1. The second-order valence-electron chi connectivity index (χ2n) is 6.08. The van der Waals surface area contributed by atoms with Crippen LogP contribution in [-0.2, 0) is 7.05 Å². The molecular weight excluding hydrogens is 353 g/mol. The molecule has 3 rings (SSSR count). The number of carbonyl (C=O) groups excluding carboxylic acids is 1. The lowest BCUT2D eigenvalue weighted by Gasteiger charge is -2.25. The molecule has 2 fully saturated rings. The summed E-state index contributed by atoms with van der Waals surface area (Å²) < 4.78 is 3.55. The second kappa shape index (κ2) is 5.81. The molecule has 0 saturated heterocycles. The molecule has 2 aliphatic carbocycles. The fourth-order valence-corrected chi connectivity index (χ4v) is 3.79. The van der Waals surface area contributed by atoms with Gasteiger partial charge < -0.3 is 28.9 Å². The molecule has 2 bridgehead atoms. The first kappa shape index (κ1) is 14.8. The van der Waals surface area contributed by atoms with Crippen molar-refractivity contribution in [1.82, 2.24) is 9.47 Å². The lowest BCUT2D eigenvalue weighted by atomic mass is 9.88. The molecule has 0 aliphatic heterocycles. The van der Waals surface area contributed by atoms with Gasteiger partial charge in [-0.2, -0.15) is 4.57 Å². The summed E-state index contributed by atoms with van der Waals surface area (Å²) in [5.41, 5.74) is 0. The number of aryl methyl sites for hydroxylation is 1. The number of amides is 1. The Kier molecular flexibility index (Phi) is 4.53. The second-order valence-corrected chi connectivity index (χ2v) is 6.08. The molecule has 0 aromatic carbocycles. The van der Waals surface area contributed by atoms with Gasteiger partial charge in [-0.3, -0.25) is 0 Å². The van der Waals surface area contributed by atoms with Gasteiger partial charge in [0.25, 0.3) is 6.33 Å². The van der Waals surface area contributed by atoms with E-state index in [0.717, 1.165) is 24.3 Å². The smallest absolute Gasteiger partial charge is 0.415 e. The van der Waals surface area contributed by atoms with Gasteiger partial charge in [-0.1, -0.05) is 6.42 Å². The van der Waals surface area contributed by atoms with Crippen molar-refractivity contribution < 1.29 is 33.3 Å². The van der Waals surface area contributed by atoms with Gasteiger partial charge in [0.1, 0.15) is 12.4 Å². The largest absolute Gasteiger partial charge is 1.00 e. The third-order valence-electron chi connectivity index (χ3n) is 4.71. The van der Waals surface area contributed by atoms with Gasteiger partial charge in [-0.25, -0.2) is 9.36 Å². The topological polar surface area (TPSA) is 29.1 Å². The summed E-state index contributed by atoms with van der Waals surface area (Å²) in [5.74, 6) is 2.57. The van der Waals surface area contributed by atoms with Gasteiger partial charge in [0, 0.05) is 13.6 Å². The number of hydrogen-bond donors (Lipinski definition) is 0. The highest BCUT2D eigenvalue weighted by atomic mass is 127. The van der Waals surface area contributed by atoms with Gasteiger partial charge in [-0.05, 0) is 37.0 Å². The molecule has 0 radical (unpaired) electrons. The van der Waals surface area contributed by atoms with Crippen molar-refractivity contribution in [2.45, 2.75) is 25.7 Å². The van der Waals surface area contributed by atoms with Gasteiger partial charge in [0.05, 0.1) is 7.05 Å². The van der Waals surface area contributed by atoms with Crippen LogP contribution in [0.5, 0.6) is 0 Å².